The van der Waals surface area contributed by atoms with Crippen LogP contribution in [0.1, 0.15) is 27.7 Å². The fourth-order valence-electron chi connectivity index (χ4n) is 1.19. The van der Waals surface area contributed by atoms with Gasteiger partial charge in [-0.15, -0.1) is 0 Å². The lowest BCUT2D eigenvalue weighted by Crippen LogP contribution is -2.07. The highest BCUT2D eigenvalue weighted by Crippen LogP contribution is 2.14. The molecule has 0 radical (unpaired) electrons. The first-order valence-electron chi connectivity index (χ1n) is 4.98. The Morgan fingerprint density at radius 1 is 1.00 bits per heavy atom. The topological polar surface area (TPSA) is 37.3 Å². The predicted octanol–water partition coefficient (Wildman–Crippen LogP) is 3.49. The van der Waals surface area contributed by atoms with Crippen molar-refractivity contribution in [3.63, 3.8) is 0 Å². The number of ketones is 1. The Bertz CT molecular complexity index is 342. The second-order valence-electron chi connectivity index (χ2n) is 2.95. The lowest BCUT2D eigenvalue weighted by Gasteiger charge is -2.05. The van der Waals surface area contributed by atoms with Crippen molar-refractivity contribution in [3.05, 3.63) is 47.3 Å². The maximum absolute atomic E-state index is 11.9. The van der Waals surface area contributed by atoms with Crippen LogP contribution < -0.4 is 0 Å². The van der Waals surface area contributed by atoms with Gasteiger partial charge in [0.2, 0.25) is 0 Å². The summed E-state index contributed by atoms with van der Waals surface area (Å²) in [6.45, 7) is 7.07. The first-order valence-corrected chi connectivity index (χ1v) is 4.98. The van der Waals surface area contributed by atoms with Crippen molar-refractivity contribution in [1.82, 2.24) is 0 Å². The molecule has 0 atom stereocenters. The summed E-state index contributed by atoms with van der Waals surface area (Å²) >= 11 is 0. The molecule has 0 saturated heterocycles. The molecule has 0 aromatic carbocycles. The van der Waals surface area contributed by atoms with Gasteiger partial charge in [0.25, 0.3) is 0 Å². The number of hydrogen-bond donors (Lipinski definition) is 1. The molecule has 0 rings (SSSR count). The standard InChI is InChI=1S/C13H18O2/c1-5-9-10(6-2)13(15)11(7-3)12(14)8-4/h5-9,14H,1-4H3/b9-5-,10-6+,11-7+,12-8+. The molecular formula is C13H18O2. The zero-order chi connectivity index (χ0) is 11.8. The third-order valence-electron chi connectivity index (χ3n) is 2.00. The molecule has 2 heteroatoms. The molecule has 0 amide bonds. The smallest absolute Gasteiger partial charge is 0.196 e. The van der Waals surface area contributed by atoms with Gasteiger partial charge in [0.15, 0.2) is 5.78 Å². The molecule has 0 aliphatic heterocycles. The van der Waals surface area contributed by atoms with Gasteiger partial charge in [-0.1, -0.05) is 24.3 Å². The van der Waals surface area contributed by atoms with E-state index in [1.807, 2.05) is 6.92 Å². The molecule has 1 N–H and O–H groups in total. The van der Waals surface area contributed by atoms with Crippen LogP contribution in [0.5, 0.6) is 0 Å². The van der Waals surface area contributed by atoms with Crippen molar-refractivity contribution in [1.29, 1.82) is 0 Å². The minimum atomic E-state index is -0.159. The Labute approximate surface area is 91.3 Å². The predicted molar refractivity (Wildman–Crippen MR) is 63.7 cm³/mol. The van der Waals surface area contributed by atoms with Gasteiger partial charge < -0.3 is 5.11 Å². The molecular weight excluding hydrogens is 188 g/mol. The minimum Gasteiger partial charge on any atom is -0.508 e. The molecule has 0 unspecified atom stereocenters. The lowest BCUT2D eigenvalue weighted by molar-refractivity contribution is -0.112. The molecule has 0 aromatic rings. The molecule has 0 aliphatic carbocycles. The molecule has 82 valence electrons. The van der Waals surface area contributed by atoms with Crippen LogP contribution in [0.15, 0.2) is 47.3 Å². The Morgan fingerprint density at radius 3 is 1.93 bits per heavy atom. The Balaban J connectivity index is 5.15. The molecule has 0 aliphatic rings. The largest absolute Gasteiger partial charge is 0.508 e. The fraction of sp³-hybridized carbons (Fsp3) is 0.308. The highest BCUT2D eigenvalue weighted by molar-refractivity contribution is 6.12. The van der Waals surface area contributed by atoms with E-state index in [1.165, 1.54) is 6.08 Å². The van der Waals surface area contributed by atoms with Crippen LogP contribution in [0.2, 0.25) is 0 Å². The number of aliphatic hydroxyl groups excluding tert-OH is 1. The van der Waals surface area contributed by atoms with E-state index in [1.54, 1.807) is 45.1 Å². The number of aliphatic hydroxyl groups is 1. The normalized spacial score (nSPS) is 14.8. The average Bonchev–Trinajstić information content (AvgIpc) is 2.26. The molecule has 0 heterocycles. The van der Waals surface area contributed by atoms with Crippen LogP contribution in [0.4, 0.5) is 0 Å². The van der Waals surface area contributed by atoms with E-state index < -0.39 is 0 Å². The van der Waals surface area contributed by atoms with Crippen LogP contribution in [0.3, 0.4) is 0 Å². The Hall–Kier alpha value is -1.57. The summed E-state index contributed by atoms with van der Waals surface area (Å²) in [6, 6.07) is 0. The summed E-state index contributed by atoms with van der Waals surface area (Å²) in [5.41, 5.74) is 0.919. The maximum Gasteiger partial charge on any atom is 0.196 e. The van der Waals surface area contributed by atoms with Crippen LogP contribution in [0, 0.1) is 0 Å². The summed E-state index contributed by atoms with van der Waals surface area (Å²) in [7, 11) is 0. The molecule has 15 heavy (non-hydrogen) atoms. The summed E-state index contributed by atoms with van der Waals surface area (Å²) in [6.07, 6.45) is 8.39. The van der Waals surface area contributed by atoms with Gasteiger partial charge in [0.05, 0.1) is 5.57 Å². The summed E-state index contributed by atoms with van der Waals surface area (Å²) in [5.74, 6) is -0.139. The van der Waals surface area contributed by atoms with Gasteiger partial charge in [-0.2, -0.15) is 0 Å². The highest BCUT2D eigenvalue weighted by Gasteiger charge is 2.14. The zero-order valence-electron chi connectivity index (χ0n) is 9.74. The highest BCUT2D eigenvalue weighted by atomic mass is 16.3. The van der Waals surface area contributed by atoms with Gasteiger partial charge >= 0.3 is 0 Å². The monoisotopic (exact) mass is 206 g/mol. The van der Waals surface area contributed by atoms with E-state index in [0.717, 1.165) is 0 Å². The van der Waals surface area contributed by atoms with Gasteiger partial charge in [-0.05, 0) is 33.8 Å². The van der Waals surface area contributed by atoms with Gasteiger partial charge in [-0.25, -0.2) is 0 Å². The van der Waals surface area contributed by atoms with Crippen molar-refractivity contribution in [2.45, 2.75) is 27.7 Å². The van der Waals surface area contributed by atoms with Gasteiger partial charge in [-0.3, -0.25) is 4.79 Å². The lowest BCUT2D eigenvalue weighted by atomic mass is 10.0. The Kier molecular flexibility index (Phi) is 6.11. The molecule has 2 nitrogen and oxygen atoms in total. The van der Waals surface area contributed by atoms with E-state index in [0.29, 0.717) is 11.1 Å². The number of carbonyl (C=O) groups excluding carboxylic acids is 1. The molecule has 0 saturated carbocycles. The van der Waals surface area contributed by atoms with E-state index in [9.17, 15) is 9.90 Å². The number of carbonyl (C=O) groups is 1. The third-order valence-corrected chi connectivity index (χ3v) is 2.00. The van der Waals surface area contributed by atoms with Crippen LogP contribution >= 0.6 is 0 Å². The van der Waals surface area contributed by atoms with Crippen molar-refractivity contribution in [2.75, 3.05) is 0 Å². The van der Waals surface area contributed by atoms with E-state index >= 15 is 0 Å². The molecule has 0 fully saturated rings. The van der Waals surface area contributed by atoms with Crippen molar-refractivity contribution in [3.8, 4) is 0 Å². The minimum absolute atomic E-state index is 0.0198. The second-order valence-corrected chi connectivity index (χ2v) is 2.95. The third kappa shape index (κ3) is 3.58. The number of rotatable bonds is 4. The van der Waals surface area contributed by atoms with Gasteiger partial charge in [0.1, 0.15) is 5.76 Å². The number of allylic oxidation sites excluding steroid dienone is 7. The molecule has 0 spiro atoms. The van der Waals surface area contributed by atoms with Crippen molar-refractivity contribution >= 4 is 5.78 Å². The average molecular weight is 206 g/mol. The van der Waals surface area contributed by atoms with E-state index in [-0.39, 0.29) is 11.5 Å². The maximum atomic E-state index is 11.9. The first kappa shape index (κ1) is 13.4. The fourth-order valence-corrected chi connectivity index (χ4v) is 1.19. The number of Topliss-reactive ketones (excluding diaryl/α,β-unsaturated/α-hetero) is 1. The second kappa shape index (κ2) is 6.82. The van der Waals surface area contributed by atoms with Crippen molar-refractivity contribution < 1.29 is 9.90 Å². The van der Waals surface area contributed by atoms with Crippen LogP contribution in [-0.2, 0) is 4.79 Å². The van der Waals surface area contributed by atoms with E-state index in [2.05, 4.69) is 0 Å². The molecule has 0 bridgehead atoms. The quantitative estimate of drug-likeness (QED) is 0.434. The summed E-state index contributed by atoms with van der Waals surface area (Å²) in [4.78, 5) is 11.9. The number of hydrogen-bond acceptors (Lipinski definition) is 2. The Morgan fingerprint density at radius 2 is 1.60 bits per heavy atom. The SMILES string of the molecule is C/C=C\C(=C/C)C(=O)C(=C/C)/C(O)=C\C. The van der Waals surface area contributed by atoms with Gasteiger partial charge in [0, 0.05) is 5.57 Å². The van der Waals surface area contributed by atoms with Crippen molar-refractivity contribution in [2.24, 2.45) is 0 Å². The van der Waals surface area contributed by atoms with Crippen LogP contribution in [-0.4, -0.2) is 10.9 Å². The van der Waals surface area contributed by atoms with E-state index in [4.69, 9.17) is 0 Å². The zero-order valence-corrected chi connectivity index (χ0v) is 9.74. The van der Waals surface area contributed by atoms with Crippen LogP contribution in [0.25, 0.3) is 0 Å². The summed E-state index contributed by atoms with van der Waals surface area (Å²) < 4.78 is 0. The first-order chi connectivity index (χ1) is 7.12. The molecule has 0 aromatic heterocycles. The summed E-state index contributed by atoms with van der Waals surface area (Å²) in [5, 5.41) is 9.52.